The number of sulfonamides is 1. The van der Waals surface area contributed by atoms with E-state index in [1.807, 2.05) is 0 Å². The zero-order valence-corrected chi connectivity index (χ0v) is 17.4. The topological polar surface area (TPSA) is 66.8 Å². The van der Waals surface area contributed by atoms with Crippen LogP contribution < -0.4 is 5.32 Å². The quantitative estimate of drug-likeness (QED) is 0.769. The van der Waals surface area contributed by atoms with Crippen LogP contribution in [0.3, 0.4) is 0 Å². The Balaban J connectivity index is 1.44. The summed E-state index contributed by atoms with van der Waals surface area (Å²) < 4.78 is 34.4. The number of hydrogen-bond donors (Lipinski definition) is 1. The molecule has 0 radical (unpaired) electrons. The number of morpholine rings is 1. The maximum absolute atomic E-state index is 12.7. The van der Waals surface area contributed by atoms with Gasteiger partial charge in [-0.05, 0) is 55.5 Å². The van der Waals surface area contributed by atoms with Crippen LogP contribution in [0.5, 0.6) is 0 Å². The number of fused-ring (bicyclic) bond motifs is 1. The average Bonchev–Trinajstić information content (AvgIpc) is 3.19. The third kappa shape index (κ3) is 3.67. The first kappa shape index (κ1) is 19.4. The van der Waals surface area contributed by atoms with Gasteiger partial charge in [-0.1, -0.05) is 0 Å². The molecule has 0 saturated carbocycles. The summed E-state index contributed by atoms with van der Waals surface area (Å²) in [4.78, 5) is 2.44. The molecule has 4 rings (SSSR count). The molecular weight excluding hydrogens is 396 g/mol. The van der Waals surface area contributed by atoms with E-state index in [2.05, 4.69) is 40.0 Å². The second-order valence-corrected chi connectivity index (χ2v) is 9.29. The van der Waals surface area contributed by atoms with Gasteiger partial charge in [0.1, 0.15) is 0 Å². The summed E-state index contributed by atoms with van der Waals surface area (Å²) in [5.41, 5.74) is 2.02. The van der Waals surface area contributed by atoms with Gasteiger partial charge in [0.05, 0.1) is 24.2 Å². The molecule has 1 N–H and O–H groups in total. The third-order valence-corrected chi connectivity index (χ3v) is 7.57. The number of nitrogens with one attached hydrogen (secondary N) is 1. The number of hydrogen-bond acceptors (Lipinski definition) is 4. The van der Waals surface area contributed by atoms with Gasteiger partial charge in [0.25, 0.3) is 0 Å². The van der Waals surface area contributed by atoms with Gasteiger partial charge in [-0.2, -0.15) is 4.31 Å². The molecule has 2 aromatic rings. The van der Waals surface area contributed by atoms with Gasteiger partial charge < -0.3 is 19.5 Å². The molecule has 1 fully saturated rings. The lowest BCUT2D eigenvalue weighted by Gasteiger charge is -2.36. The highest BCUT2D eigenvalue weighted by molar-refractivity contribution is 7.89. The summed E-state index contributed by atoms with van der Waals surface area (Å²) in [7, 11) is -3.48. The van der Waals surface area contributed by atoms with Gasteiger partial charge in [0.2, 0.25) is 10.0 Å². The third-order valence-electron chi connectivity index (χ3n) is 5.32. The van der Waals surface area contributed by atoms with Crippen molar-refractivity contribution in [2.45, 2.75) is 24.4 Å². The number of anilines is 1. The first-order chi connectivity index (χ1) is 13.5. The van der Waals surface area contributed by atoms with Crippen molar-refractivity contribution in [1.29, 1.82) is 0 Å². The molecule has 2 aliphatic heterocycles. The van der Waals surface area contributed by atoms with Crippen LogP contribution in [0.2, 0.25) is 0 Å². The van der Waals surface area contributed by atoms with E-state index < -0.39 is 10.0 Å². The molecule has 0 amide bonds. The number of nitrogens with zero attached hydrogens (tertiary/aromatic N) is 3. The molecule has 1 aromatic heterocycles. The first-order valence-electron chi connectivity index (χ1n) is 9.37. The molecule has 150 valence electrons. The predicted molar refractivity (Wildman–Crippen MR) is 112 cm³/mol. The standard InChI is InChI=1S/C19H24N4O3S2/c1-15-18-3-2-8-21(18)9-10-23(15)19(27)20-16-4-6-17(7-5-16)28(24,25)22-11-13-26-14-12-22/h2-8,15H,9-14H2,1H3,(H,20,27). The number of benzene rings is 1. The fourth-order valence-electron chi connectivity index (χ4n) is 3.70. The maximum atomic E-state index is 12.7. The van der Waals surface area contributed by atoms with Crippen LogP contribution in [0.4, 0.5) is 5.69 Å². The number of ether oxygens (including phenoxy) is 1. The molecule has 3 heterocycles. The zero-order chi connectivity index (χ0) is 19.7. The molecule has 28 heavy (non-hydrogen) atoms. The average molecular weight is 421 g/mol. The largest absolute Gasteiger partial charge is 0.379 e. The second-order valence-electron chi connectivity index (χ2n) is 6.97. The van der Waals surface area contributed by atoms with Crippen LogP contribution in [0.15, 0.2) is 47.5 Å². The lowest BCUT2D eigenvalue weighted by molar-refractivity contribution is 0.0730. The van der Waals surface area contributed by atoms with E-state index in [-0.39, 0.29) is 10.9 Å². The normalized spacial score (nSPS) is 20.6. The van der Waals surface area contributed by atoms with Crippen LogP contribution in [-0.4, -0.2) is 60.2 Å². The van der Waals surface area contributed by atoms with Crippen molar-refractivity contribution in [3.05, 3.63) is 48.3 Å². The van der Waals surface area contributed by atoms with Crippen molar-refractivity contribution < 1.29 is 13.2 Å². The summed E-state index contributed by atoms with van der Waals surface area (Å²) in [6.07, 6.45) is 2.09. The lowest BCUT2D eigenvalue weighted by Crippen LogP contribution is -2.42. The van der Waals surface area contributed by atoms with E-state index >= 15 is 0 Å². The minimum atomic E-state index is -3.48. The lowest BCUT2D eigenvalue weighted by atomic mass is 10.1. The smallest absolute Gasteiger partial charge is 0.243 e. The van der Waals surface area contributed by atoms with Gasteiger partial charge in [-0.15, -0.1) is 0 Å². The van der Waals surface area contributed by atoms with Gasteiger partial charge in [-0.3, -0.25) is 0 Å². The van der Waals surface area contributed by atoms with E-state index in [9.17, 15) is 8.42 Å². The van der Waals surface area contributed by atoms with E-state index in [0.717, 1.165) is 18.8 Å². The van der Waals surface area contributed by atoms with Crippen molar-refractivity contribution in [3.63, 3.8) is 0 Å². The molecule has 2 aliphatic rings. The van der Waals surface area contributed by atoms with Crippen LogP contribution >= 0.6 is 12.2 Å². The Morgan fingerprint density at radius 1 is 1.11 bits per heavy atom. The summed E-state index contributed by atoms with van der Waals surface area (Å²) in [6, 6.07) is 11.1. The molecule has 1 atom stereocenters. The van der Waals surface area contributed by atoms with Crippen molar-refractivity contribution in [2.75, 3.05) is 38.2 Å². The highest BCUT2D eigenvalue weighted by Crippen LogP contribution is 2.26. The van der Waals surface area contributed by atoms with Gasteiger partial charge >= 0.3 is 0 Å². The molecule has 0 bridgehead atoms. The van der Waals surface area contributed by atoms with Crippen molar-refractivity contribution in [2.24, 2.45) is 0 Å². The second kappa shape index (κ2) is 7.82. The molecule has 9 heteroatoms. The molecule has 1 saturated heterocycles. The molecule has 7 nitrogen and oxygen atoms in total. The van der Waals surface area contributed by atoms with Gasteiger partial charge in [0, 0.05) is 43.8 Å². The summed E-state index contributed by atoms with van der Waals surface area (Å²) in [5, 5.41) is 3.89. The Bertz CT molecular complexity index is 950. The monoisotopic (exact) mass is 420 g/mol. The van der Waals surface area contributed by atoms with Crippen molar-refractivity contribution >= 4 is 33.0 Å². The van der Waals surface area contributed by atoms with Crippen molar-refractivity contribution in [1.82, 2.24) is 13.8 Å². The highest BCUT2D eigenvalue weighted by Gasteiger charge is 2.27. The Morgan fingerprint density at radius 2 is 1.82 bits per heavy atom. The van der Waals surface area contributed by atoms with Crippen LogP contribution in [-0.2, 0) is 21.3 Å². The minimum Gasteiger partial charge on any atom is -0.379 e. The van der Waals surface area contributed by atoms with E-state index in [4.69, 9.17) is 17.0 Å². The summed E-state index contributed by atoms with van der Waals surface area (Å²) in [6.45, 7) is 5.51. The fourth-order valence-corrected chi connectivity index (χ4v) is 5.47. The fraction of sp³-hybridized carbons (Fsp3) is 0.421. The highest BCUT2D eigenvalue weighted by atomic mass is 32.2. The maximum Gasteiger partial charge on any atom is 0.243 e. The minimum absolute atomic E-state index is 0.185. The summed E-state index contributed by atoms with van der Waals surface area (Å²) >= 11 is 5.61. The Labute approximate surface area is 170 Å². The molecule has 1 aromatic carbocycles. The van der Waals surface area contributed by atoms with Crippen LogP contribution in [0.25, 0.3) is 0 Å². The molecular formula is C19H24N4O3S2. The molecule has 0 aliphatic carbocycles. The molecule has 0 spiro atoms. The number of aromatic nitrogens is 1. The summed E-state index contributed by atoms with van der Waals surface area (Å²) in [5.74, 6) is 0. The first-order valence-corrected chi connectivity index (χ1v) is 11.2. The Kier molecular flexibility index (Phi) is 5.42. The zero-order valence-electron chi connectivity index (χ0n) is 15.7. The van der Waals surface area contributed by atoms with Crippen molar-refractivity contribution in [3.8, 4) is 0 Å². The van der Waals surface area contributed by atoms with Gasteiger partial charge in [-0.25, -0.2) is 8.42 Å². The Morgan fingerprint density at radius 3 is 2.54 bits per heavy atom. The predicted octanol–water partition coefficient (Wildman–Crippen LogP) is 2.28. The number of rotatable bonds is 3. The van der Waals surface area contributed by atoms with Crippen LogP contribution in [0.1, 0.15) is 18.7 Å². The molecule has 1 unspecified atom stereocenters. The number of thiocarbonyl (C=S) groups is 1. The van der Waals surface area contributed by atoms with E-state index in [1.165, 1.54) is 10.00 Å². The van der Waals surface area contributed by atoms with Crippen LogP contribution in [0, 0.1) is 0 Å². The van der Waals surface area contributed by atoms with Gasteiger partial charge in [0.15, 0.2) is 5.11 Å². The van der Waals surface area contributed by atoms with E-state index in [1.54, 1.807) is 24.3 Å². The SMILES string of the molecule is CC1c2cccn2CCN1C(=S)Nc1ccc(S(=O)(=O)N2CCOCC2)cc1. The Hall–Kier alpha value is -1.94. The van der Waals surface area contributed by atoms with E-state index in [0.29, 0.717) is 31.4 Å².